The minimum absolute atomic E-state index is 0.163. The number of ketones is 1. The number of Topliss-reactive ketones (excluding diaryl/α,β-unsaturated/α-hetero) is 1. The van der Waals surface area contributed by atoms with Crippen molar-refractivity contribution in [2.24, 2.45) is 5.92 Å². The van der Waals surface area contributed by atoms with Crippen molar-refractivity contribution in [1.29, 1.82) is 0 Å². The van der Waals surface area contributed by atoms with Crippen LogP contribution >= 0.6 is 0 Å². The van der Waals surface area contributed by atoms with Crippen LogP contribution in [0.1, 0.15) is 47.9 Å². The molecule has 0 heterocycles. The molecule has 0 N–H and O–H groups in total. The minimum atomic E-state index is 0.163. The van der Waals surface area contributed by atoms with Gasteiger partial charge in [0.15, 0.2) is 0 Å². The quantitative estimate of drug-likeness (QED) is 0.779. The zero-order valence-corrected chi connectivity index (χ0v) is 13.8. The molecule has 4 rings (SSSR count). The number of rotatable bonds is 2. The van der Waals surface area contributed by atoms with Gasteiger partial charge in [0, 0.05) is 18.3 Å². The number of hydrogen-bond donors (Lipinski definition) is 0. The molecule has 1 nitrogen and oxygen atoms in total. The van der Waals surface area contributed by atoms with Crippen molar-refractivity contribution in [2.45, 2.75) is 50.9 Å². The summed E-state index contributed by atoms with van der Waals surface area (Å²) in [7, 11) is 0. The summed E-state index contributed by atoms with van der Waals surface area (Å²) in [6.45, 7) is 2.18. The van der Waals surface area contributed by atoms with Crippen LogP contribution in [0, 0.1) is 12.8 Å². The Labute approximate surface area is 138 Å². The molecule has 1 heteroatoms. The van der Waals surface area contributed by atoms with Crippen molar-refractivity contribution in [3.05, 3.63) is 70.8 Å². The normalized spacial score (nSPS) is 26.5. The summed E-state index contributed by atoms with van der Waals surface area (Å²) in [5, 5.41) is 0. The second kappa shape index (κ2) is 5.63. The highest BCUT2D eigenvalue weighted by molar-refractivity contribution is 5.80. The molecule has 0 aliphatic heterocycles. The maximum absolute atomic E-state index is 12.1. The average Bonchev–Trinajstić information content (AvgIpc) is 2.56. The third kappa shape index (κ3) is 2.52. The lowest BCUT2D eigenvalue weighted by molar-refractivity contribution is -0.123. The van der Waals surface area contributed by atoms with Crippen LogP contribution in [0.2, 0.25) is 0 Å². The topological polar surface area (TPSA) is 17.1 Å². The van der Waals surface area contributed by atoms with Gasteiger partial charge < -0.3 is 0 Å². The number of benzene rings is 2. The third-order valence-corrected chi connectivity index (χ3v) is 6.03. The highest BCUT2D eigenvalue weighted by Crippen LogP contribution is 2.51. The van der Waals surface area contributed by atoms with Crippen LogP contribution in [0.15, 0.2) is 48.5 Å². The summed E-state index contributed by atoms with van der Waals surface area (Å²) in [5.74, 6) is 0.980. The molecule has 2 aromatic rings. The Morgan fingerprint density at radius 3 is 2.74 bits per heavy atom. The molecular formula is C22H24O. The van der Waals surface area contributed by atoms with Crippen molar-refractivity contribution in [3.63, 3.8) is 0 Å². The smallest absolute Gasteiger partial charge is 0.133 e. The molecule has 0 amide bonds. The Morgan fingerprint density at radius 2 is 1.91 bits per heavy atom. The summed E-state index contributed by atoms with van der Waals surface area (Å²) < 4.78 is 0. The van der Waals surface area contributed by atoms with Crippen LogP contribution < -0.4 is 0 Å². The van der Waals surface area contributed by atoms with Crippen LogP contribution in [-0.4, -0.2) is 5.78 Å². The van der Waals surface area contributed by atoms with E-state index in [-0.39, 0.29) is 5.41 Å². The Balaban J connectivity index is 1.82. The molecule has 1 saturated carbocycles. The van der Waals surface area contributed by atoms with Crippen molar-refractivity contribution in [1.82, 2.24) is 0 Å². The summed E-state index contributed by atoms with van der Waals surface area (Å²) in [5.41, 5.74) is 5.96. The van der Waals surface area contributed by atoms with Crippen molar-refractivity contribution >= 4 is 5.78 Å². The molecule has 2 aliphatic carbocycles. The molecule has 118 valence electrons. The predicted molar refractivity (Wildman–Crippen MR) is 93.7 cm³/mol. The predicted octanol–water partition coefficient (Wildman–Crippen LogP) is 4.79. The maximum atomic E-state index is 12.1. The highest BCUT2D eigenvalue weighted by atomic mass is 16.1. The van der Waals surface area contributed by atoms with Crippen LogP contribution in [-0.2, 0) is 23.1 Å². The molecule has 0 radical (unpaired) electrons. The molecule has 2 aromatic carbocycles. The standard InChI is InChI=1S/C22H24O/c1-16-7-10-21-18(13-16)8-9-19-14-20(23)11-12-22(19,21)15-17-5-3-2-4-6-17/h2-7,10,13,19H,8-9,11-12,14-15H2,1H3/t19?,22-/m0/s1. The van der Waals surface area contributed by atoms with Gasteiger partial charge in [0.1, 0.15) is 5.78 Å². The van der Waals surface area contributed by atoms with E-state index < -0.39 is 0 Å². The first-order valence-electron chi connectivity index (χ1n) is 8.83. The van der Waals surface area contributed by atoms with Gasteiger partial charge >= 0.3 is 0 Å². The van der Waals surface area contributed by atoms with E-state index in [9.17, 15) is 4.79 Å². The zero-order valence-electron chi connectivity index (χ0n) is 13.8. The van der Waals surface area contributed by atoms with Crippen molar-refractivity contribution in [2.75, 3.05) is 0 Å². The fourth-order valence-corrected chi connectivity index (χ4v) is 4.90. The van der Waals surface area contributed by atoms with Crippen LogP contribution in [0.3, 0.4) is 0 Å². The van der Waals surface area contributed by atoms with Gasteiger partial charge in [0.2, 0.25) is 0 Å². The molecule has 0 aromatic heterocycles. The van der Waals surface area contributed by atoms with E-state index in [1.54, 1.807) is 0 Å². The van der Waals surface area contributed by atoms with Crippen LogP contribution in [0.4, 0.5) is 0 Å². The summed E-state index contributed by atoms with van der Waals surface area (Å²) in [6, 6.07) is 17.8. The Morgan fingerprint density at radius 1 is 1.09 bits per heavy atom. The first-order chi connectivity index (χ1) is 11.2. The monoisotopic (exact) mass is 304 g/mol. The Kier molecular flexibility index (Phi) is 3.60. The van der Waals surface area contributed by atoms with E-state index in [4.69, 9.17) is 0 Å². The Bertz CT molecular complexity index is 731. The molecule has 1 fully saturated rings. The molecule has 2 aliphatic rings. The van der Waals surface area contributed by atoms with Gasteiger partial charge in [-0.25, -0.2) is 0 Å². The van der Waals surface area contributed by atoms with Gasteiger partial charge in [-0.05, 0) is 55.2 Å². The highest BCUT2D eigenvalue weighted by Gasteiger charge is 2.47. The first-order valence-corrected chi connectivity index (χ1v) is 8.83. The molecule has 1 unspecified atom stereocenters. The summed E-state index contributed by atoms with van der Waals surface area (Å²) in [4.78, 5) is 12.1. The van der Waals surface area contributed by atoms with Gasteiger partial charge in [0.05, 0.1) is 0 Å². The van der Waals surface area contributed by atoms with Crippen LogP contribution in [0.25, 0.3) is 0 Å². The van der Waals surface area contributed by atoms with E-state index in [0.29, 0.717) is 11.7 Å². The molecule has 0 spiro atoms. The van der Waals surface area contributed by atoms with Crippen LogP contribution in [0.5, 0.6) is 0 Å². The fraction of sp³-hybridized carbons (Fsp3) is 0.409. The molecule has 0 saturated heterocycles. The van der Waals surface area contributed by atoms with E-state index in [0.717, 1.165) is 38.5 Å². The molecular weight excluding hydrogens is 280 g/mol. The first kappa shape index (κ1) is 14.7. The lowest BCUT2D eigenvalue weighted by Crippen LogP contribution is -2.45. The van der Waals surface area contributed by atoms with E-state index >= 15 is 0 Å². The number of carbonyl (C=O) groups is 1. The Hall–Kier alpha value is -1.89. The lowest BCUT2D eigenvalue weighted by Gasteiger charge is -2.48. The van der Waals surface area contributed by atoms with Gasteiger partial charge in [-0.3, -0.25) is 4.79 Å². The number of fused-ring (bicyclic) bond motifs is 3. The van der Waals surface area contributed by atoms with Crippen molar-refractivity contribution < 1.29 is 4.79 Å². The second-order valence-electron chi connectivity index (χ2n) is 7.46. The van der Waals surface area contributed by atoms with E-state index in [2.05, 4.69) is 55.5 Å². The largest absolute Gasteiger partial charge is 0.300 e. The SMILES string of the molecule is Cc1ccc2c(c1)CCC1CC(=O)CC[C@@]21Cc1ccccc1. The van der Waals surface area contributed by atoms with E-state index in [1.807, 2.05) is 0 Å². The average molecular weight is 304 g/mol. The maximum Gasteiger partial charge on any atom is 0.133 e. The number of aryl methyl sites for hydroxylation is 2. The summed E-state index contributed by atoms with van der Waals surface area (Å²) >= 11 is 0. The van der Waals surface area contributed by atoms with Gasteiger partial charge in [-0.1, -0.05) is 54.1 Å². The molecule has 0 bridgehead atoms. The number of carbonyl (C=O) groups excluding carboxylic acids is 1. The zero-order chi connectivity index (χ0) is 15.9. The molecule has 23 heavy (non-hydrogen) atoms. The summed E-state index contributed by atoms with van der Waals surface area (Å²) in [6.07, 6.45) is 5.90. The number of hydrogen-bond acceptors (Lipinski definition) is 1. The van der Waals surface area contributed by atoms with Gasteiger partial charge in [0.25, 0.3) is 0 Å². The van der Waals surface area contributed by atoms with Gasteiger partial charge in [-0.15, -0.1) is 0 Å². The fourth-order valence-electron chi connectivity index (χ4n) is 4.90. The third-order valence-electron chi connectivity index (χ3n) is 6.03. The van der Waals surface area contributed by atoms with E-state index in [1.165, 1.54) is 22.3 Å². The molecule has 2 atom stereocenters. The minimum Gasteiger partial charge on any atom is -0.300 e. The van der Waals surface area contributed by atoms with Crippen molar-refractivity contribution in [3.8, 4) is 0 Å². The lowest BCUT2D eigenvalue weighted by atomic mass is 9.55. The second-order valence-corrected chi connectivity index (χ2v) is 7.46. The van der Waals surface area contributed by atoms with Gasteiger partial charge in [-0.2, -0.15) is 0 Å².